The molecule has 0 heterocycles. The van der Waals surface area contributed by atoms with E-state index in [0.29, 0.717) is 24.0 Å². The molecule has 3 nitrogen and oxygen atoms in total. The van der Waals surface area contributed by atoms with E-state index in [1.54, 1.807) is 19.2 Å². The lowest BCUT2D eigenvalue weighted by molar-refractivity contribution is 0.597. The molecule has 0 aliphatic carbocycles. The van der Waals surface area contributed by atoms with E-state index in [1.165, 1.54) is 6.07 Å². The standard InChI is InChI=1S/C13H20FN3/c1-10(2)8-16-13(15-3)17-9-11-6-4-5-7-12(11)14/h4-7,10H,8-9H2,1-3H3,(H2,15,16,17). The Hall–Kier alpha value is -1.58. The summed E-state index contributed by atoms with van der Waals surface area (Å²) < 4.78 is 13.4. The van der Waals surface area contributed by atoms with Crippen molar-refractivity contribution in [3.05, 3.63) is 35.6 Å². The molecule has 0 fully saturated rings. The predicted octanol–water partition coefficient (Wildman–Crippen LogP) is 2.15. The maximum atomic E-state index is 13.4. The summed E-state index contributed by atoms with van der Waals surface area (Å²) in [6.45, 7) is 5.52. The molecule has 94 valence electrons. The van der Waals surface area contributed by atoms with Crippen molar-refractivity contribution < 1.29 is 4.39 Å². The van der Waals surface area contributed by atoms with Gasteiger partial charge in [0.05, 0.1) is 0 Å². The largest absolute Gasteiger partial charge is 0.356 e. The molecular weight excluding hydrogens is 217 g/mol. The first-order valence-corrected chi connectivity index (χ1v) is 5.81. The summed E-state index contributed by atoms with van der Waals surface area (Å²) in [5.74, 6) is 1.04. The molecule has 0 radical (unpaired) electrons. The summed E-state index contributed by atoms with van der Waals surface area (Å²) in [7, 11) is 1.71. The Kier molecular flexibility index (Phi) is 5.46. The average Bonchev–Trinajstić information content (AvgIpc) is 2.31. The van der Waals surface area contributed by atoms with Gasteiger partial charge in [-0.15, -0.1) is 0 Å². The van der Waals surface area contributed by atoms with Crippen LogP contribution in [-0.2, 0) is 6.54 Å². The minimum absolute atomic E-state index is 0.195. The van der Waals surface area contributed by atoms with Crippen molar-refractivity contribution in [2.45, 2.75) is 20.4 Å². The molecule has 1 aromatic rings. The van der Waals surface area contributed by atoms with Crippen molar-refractivity contribution >= 4 is 5.96 Å². The van der Waals surface area contributed by atoms with Crippen LogP contribution in [0.25, 0.3) is 0 Å². The van der Waals surface area contributed by atoms with E-state index in [0.717, 1.165) is 6.54 Å². The zero-order valence-electron chi connectivity index (χ0n) is 10.6. The number of halogens is 1. The summed E-state index contributed by atoms with van der Waals surface area (Å²) in [6.07, 6.45) is 0. The van der Waals surface area contributed by atoms with E-state index in [4.69, 9.17) is 0 Å². The summed E-state index contributed by atoms with van der Waals surface area (Å²) in [5.41, 5.74) is 0.639. The van der Waals surface area contributed by atoms with Gasteiger partial charge in [-0.05, 0) is 12.0 Å². The number of aliphatic imine (C=N–C) groups is 1. The predicted molar refractivity (Wildman–Crippen MR) is 69.4 cm³/mol. The molecule has 0 spiro atoms. The second kappa shape index (κ2) is 6.89. The highest BCUT2D eigenvalue weighted by molar-refractivity contribution is 5.79. The molecule has 17 heavy (non-hydrogen) atoms. The normalized spacial score (nSPS) is 11.7. The van der Waals surface area contributed by atoms with Gasteiger partial charge in [-0.2, -0.15) is 0 Å². The number of hydrogen-bond acceptors (Lipinski definition) is 1. The van der Waals surface area contributed by atoms with Crippen molar-refractivity contribution in [2.24, 2.45) is 10.9 Å². The fourth-order valence-corrected chi connectivity index (χ4v) is 1.34. The van der Waals surface area contributed by atoms with Crippen LogP contribution in [-0.4, -0.2) is 19.6 Å². The molecule has 0 aliphatic rings. The van der Waals surface area contributed by atoms with Crippen molar-refractivity contribution in [3.8, 4) is 0 Å². The molecule has 1 aromatic carbocycles. The Balaban J connectivity index is 2.46. The number of nitrogens with one attached hydrogen (secondary N) is 2. The number of guanidine groups is 1. The summed E-state index contributed by atoms with van der Waals surface area (Å²) >= 11 is 0. The summed E-state index contributed by atoms with van der Waals surface area (Å²) in [4.78, 5) is 4.08. The van der Waals surface area contributed by atoms with Crippen LogP contribution < -0.4 is 10.6 Å². The maximum absolute atomic E-state index is 13.4. The second-order valence-electron chi connectivity index (χ2n) is 4.29. The number of benzene rings is 1. The van der Waals surface area contributed by atoms with Crippen LogP contribution in [0, 0.1) is 11.7 Å². The third-order valence-electron chi connectivity index (χ3n) is 2.31. The summed E-state index contributed by atoms with van der Waals surface area (Å²) in [6, 6.07) is 6.73. The van der Waals surface area contributed by atoms with Gasteiger partial charge in [0.2, 0.25) is 0 Å². The minimum Gasteiger partial charge on any atom is -0.356 e. The van der Waals surface area contributed by atoms with Crippen molar-refractivity contribution in [3.63, 3.8) is 0 Å². The minimum atomic E-state index is -0.195. The van der Waals surface area contributed by atoms with Crippen LogP contribution in [0.2, 0.25) is 0 Å². The molecule has 2 N–H and O–H groups in total. The van der Waals surface area contributed by atoms with Gasteiger partial charge >= 0.3 is 0 Å². The first-order chi connectivity index (χ1) is 8.13. The molecule has 0 amide bonds. The molecule has 1 rings (SSSR count). The second-order valence-corrected chi connectivity index (χ2v) is 4.29. The highest BCUT2D eigenvalue weighted by Gasteiger charge is 2.02. The first kappa shape index (κ1) is 13.5. The number of hydrogen-bond donors (Lipinski definition) is 2. The van der Waals surface area contributed by atoms with Crippen LogP contribution >= 0.6 is 0 Å². The topological polar surface area (TPSA) is 36.4 Å². The molecule has 4 heteroatoms. The van der Waals surface area contributed by atoms with Crippen LogP contribution in [0.5, 0.6) is 0 Å². The molecule has 0 unspecified atom stereocenters. The average molecular weight is 237 g/mol. The van der Waals surface area contributed by atoms with Gasteiger partial charge in [0, 0.05) is 25.7 Å². The Morgan fingerprint density at radius 1 is 1.29 bits per heavy atom. The van der Waals surface area contributed by atoms with Gasteiger partial charge in [0.15, 0.2) is 5.96 Å². The molecule has 0 aliphatic heterocycles. The van der Waals surface area contributed by atoms with Crippen LogP contribution in [0.3, 0.4) is 0 Å². The number of nitrogens with zero attached hydrogens (tertiary/aromatic N) is 1. The lowest BCUT2D eigenvalue weighted by atomic mass is 10.2. The fraction of sp³-hybridized carbons (Fsp3) is 0.462. The lowest BCUT2D eigenvalue weighted by Gasteiger charge is -2.13. The Morgan fingerprint density at radius 2 is 2.00 bits per heavy atom. The zero-order valence-corrected chi connectivity index (χ0v) is 10.6. The SMILES string of the molecule is CN=C(NCc1ccccc1F)NCC(C)C. The van der Waals surface area contributed by atoms with E-state index in [9.17, 15) is 4.39 Å². The van der Waals surface area contributed by atoms with E-state index in [-0.39, 0.29) is 5.82 Å². The molecule has 0 saturated heterocycles. The molecular formula is C13H20FN3. The van der Waals surface area contributed by atoms with Crippen LogP contribution in [0.4, 0.5) is 4.39 Å². The van der Waals surface area contributed by atoms with Crippen molar-refractivity contribution in [2.75, 3.05) is 13.6 Å². The molecule has 0 atom stereocenters. The molecule has 0 aromatic heterocycles. The van der Waals surface area contributed by atoms with E-state index >= 15 is 0 Å². The maximum Gasteiger partial charge on any atom is 0.191 e. The van der Waals surface area contributed by atoms with Crippen molar-refractivity contribution in [1.82, 2.24) is 10.6 Å². The molecule has 0 bridgehead atoms. The first-order valence-electron chi connectivity index (χ1n) is 5.81. The highest BCUT2D eigenvalue weighted by Crippen LogP contribution is 2.05. The van der Waals surface area contributed by atoms with Crippen LogP contribution in [0.15, 0.2) is 29.3 Å². The Bertz CT molecular complexity index is 375. The molecule has 0 saturated carbocycles. The van der Waals surface area contributed by atoms with Gasteiger partial charge in [-0.3, -0.25) is 4.99 Å². The van der Waals surface area contributed by atoms with Gasteiger partial charge < -0.3 is 10.6 Å². The third-order valence-corrected chi connectivity index (χ3v) is 2.31. The van der Waals surface area contributed by atoms with E-state index < -0.39 is 0 Å². The van der Waals surface area contributed by atoms with E-state index in [1.807, 2.05) is 6.07 Å². The van der Waals surface area contributed by atoms with Crippen LogP contribution in [0.1, 0.15) is 19.4 Å². The van der Waals surface area contributed by atoms with Gasteiger partial charge in [0.1, 0.15) is 5.82 Å². The highest BCUT2D eigenvalue weighted by atomic mass is 19.1. The smallest absolute Gasteiger partial charge is 0.191 e. The Morgan fingerprint density at radius 3 is 2.59 bits per heavy atom. The summed E-state index contributed by atoms with van der Waals surface area (Å²) in [5, 5.41) is 6.26. The monoisotopic (exact) mass is 237 g/mol. The quantitative estimate of drug-likeness (QED) is 0.622. The van der Waals surface area contributed by atoms with E-state index in [2.05, 4.69) is 29.5 Å². The van der Waals surface area contributed by atoms with Crippen molar-refractivity contribution in [1.29, 1.82) is 0 Å². The number of rotatable bonds is 4. The van der Waals surface area contributed by atoms with Gasteiger partial charge in [-0.1, -0.05) is 32.0 Å². The lowest BCUT2D eigenvalue weighted by Crippen LogP contribution is -2.38. The fourth-order valence-electron chi connectivity index (χ4n) is 1.34. The van der Waals surface area contributed by atoms with Gasteiger partial charge in [0.25, 0.3) is 0 Å². The Labute approximate surface area is 102 Å². The zero-order chi connectivity index (χ0) is 12.7. The van der Waals surface area contributed by atoms with Gasteiger partial charge in [-0.25, -0.2) is 4.39 Å². The third kappa shape index (κ3) is 4.85.